The van der Waals surface area contributed by atoms with Crippen molar-refractivity contribution >= 4 is 29.4 Å². The van der Waals surface area contributed by atoms with Gasteiger partial charge in [0.1, 0.15) is 5.75 Å². The fraction of sp³-hybridized carbons (Fsp3) is 0.263. The van der Waals surface area contributed by atoms with Crippen LogP contribution in [0.4, 0.5) is 0 Å². The molecule has 3 rings (SSSR count). The number of tetrazole rings is 1. The number of aromatic nitrogens is 4. The van der Waals surface area contributed by atoms with Crippen molar-refractivity contribution in [1.82, 2.24) is 25.5 Å². The van der Waals surface area contributed by atoms with E-state index in [0.717, 1.165) is 22.9 Å². The van der Waals surface area contributed by atoms with E-state index in [2.05, 4.69) is 33.0 Å². The Kier molecular flexibility index (Phi) is 7.74. The Morgan fingerprint density at radius 2 is 1.93 bits per heavy atom. The number of amides is 1. The second-order valence-electron chi connectivity index (χ2n) is 5.75. The van der Waals surface area contributed by atoms with Crippen LogP contribution in [0.3, 0.4) is 0 Å². The van der Waals surface area contributed by atoms with Gasteiger partial charge in [-0.2, -0.15) is 16.4 Å². The molecule has 1 amide bonds. The van der Waals surface area contributed by atoms with Crippen LogP contribution in [0.25, 0.3) is 5.69 Å². The highest BCUT2D eigenvalue weighted by molar-refractivity contribution is 7.99. The number of hydrogen-bond acceptors (Lipinski definition) is 7. The number of benzene rings is 2. The van der Waals surface area contributed by atoms with Crippen LogP contribution in [0.1, 0.15) is 5.56 Å². The zero-order valence-corrected chi connectivity index (χ0v) is 17.1. The predicted octanol–water partition coefficient (Wildman–Crippen LogP) is 2.81. The van der Waals surface area contributed by atoms with Crippen LogP contribution < -0.4 is 10.1 Å². The van der Waals surface area contributed by atoms with Crippen LogP contribution in [0, 0.1) is 0 Å². The third-order valence-corrected chi connectivity index (χ3v) is 5.72. The van der Waals surface area contributed by atoms with Crippen molar-refractivity contribution < 1.29 is 9.53 Å². The summed E-state index contributed by atoms with van der Waals surface area (Å²) in [6.07, 6.45) is 0. The van der Waals surface area contributed by atoms with E-state index in [1.807, 2.05) is 42.5 Å². The molecule has 7 nitrogen and oxygen atoms in total. The summed E-state index contributed by atoms with van der Waals surface area (Å²) < 4.78 is 6.76. The van der Waals surface area contributed by atoms with Gasteiger partial charge in [0, 0.05) is 18.1 Å². The largest absolute Gasteiger partial charge is 0.497 e. The molecule has 0 saturated carbocycles. The van der Waals surface area contributed by atoms with E-state index in [9.17, 15) is 4.79 Å². The molecule has 9 heteroatoms. The van der Waals surface area contributed by atoms with Crippen molar-refractivity contribution in [3.63, 3.8) is 0 Å². The first-order valence-electron chi connectivity index (χ1n) is 8.70. The second kappa shape index (κ2) is 10.7. The van der Waals surface area contributed by atoms with Crippen molar-refractivity contribution in [2.75, 3.05) is 25.2 Å². The average Bonchev–Trinajstić information content (AvgIpc) is 3.21. The molecular weight excluding hydrogens is 394 g/mol. The molecule has 1 heterocycles. The molecule has 0 aliphatic rings. The Morgan fingerprint density at radius 1 is 1.14 bits per heavy atom. The Hall–Kier alpha value is -2.52. The topological polar surface area (TPSA) is 81.9 Å². The third kappa shape index (κ3) is 6.00. The van der Waals surface area contributed by atoms with E-state index in [1.165, 1.54) is 17.3 Å². The molecule has 0 bridgehead atoms. The highest BCUT2D eigenvalue weighted by Crippen LogP contribution is 2.20. The van der Waals surface area contributed by atoms with Crippen LogP contribution in [0.2, 0.25) is 0 Å². The molecule has 1 N–H and O–H groups in total. The summed E-state index contributed by atoms with van der Waals surface area (Å²) in [4.78, 5) is 12.1. The van der Waals surface area contributed by atoms with Gasteiger partial charge < -0.3 is 10.1 Å². The number of nitrogens with one attached hydrogen (secondary N) is 1. The molecular formula is C19H21N5O2S2. The maximum Gasteiger partial charge on any atom is 0.230 e. The van der Waals surface area contributed by atoms with E-state index in [0.29, 0.717) is 11.7 Å². The monoisotopic (exact) mass is 415 g/mol. The van der Waals surface area contributed by atoms with Gasteiger partial charge in [-0.3, -0.25) is 4.79 Å². The number of methoxy groups -OCH3 is 1. The summed E-state index contributed by atoms with van der Waals surface area (Å²) >= 11 is 3.10. The minimum Gasteiger partial charge on any atom is -0.497 e. The first-order chi connectivity index (χ1) is 13.8. The van der Waals surface area contributed by atoms with E-state index in [4.69, 9.17) is 4.74 Å². The van der Waals surface area contributed by atoms with E-state index in [1.54, 1.807) is 23.6 Å². The zero-order valence-electron chi connectivity index (χ0n) is 15.4. The Labute approximate surface area is 172 Å². The summed E-state index contributed by atoms with van der Waals surface area (Å²) in [5, 5.41) is 15.2. The van der Waals surface area contributed by atoms with Gasteiger partial charge in [-0.15, -0.1) is 5.10 Å². The lowest BCUT2D eigenvalue weighted by Crippen LogP contribution is -2.27. The molecule has 0 spiro atoms. The zero-order chi connectivity index (χ0) is 19.6. The smallest absolute Gasteiger partial charge is 0.230 e. The quantitative estimate of drug-likeness (QED) is 0.403. The van der Waals surface area contributed by atoms with Crippen molar-refractivity contribution in [3.05, 3.63) is 60.2 Å². The molecule has 0 fully saturated rings. The molecule has 1 aromatic heterocycles. The lowest BCUT2D eigenvalue weighted by molar-refractivity contribution is -0.118. The normalized spacial score (nSPS) is 10.6. The fourth-order valence-electron chi connectivity index (χ4n) is 2.36. The third-order valence-electron chi connectivity index (χ3n) is 3.77. The number of ether oxygens (including phenoxy) is 1. The molecule has 0 radical (unpaired) electrons. The average molecular weight is 416 g/mol. The van der Waals surface area contributed by atoms with Crippen LogP contribution in [0.15, 0.2) is 59.8 Å². The van der Waals surface area contributed by atoms with E-state index < -0.39 is 0 Å². The van der Waals surface area contributed by atoms with Crippen molar-refractivity contribution in [2.45, 2.75) is 10.9 Å². The number of carbonyl (C=O) groups excluding carboxylic acids is 1. The van der Waals surface area contributed by atoms with Crippen LogP contribution in [0.5, 0.6) is 5.75 Å². The van der Waals surface area contributed by atoms with Crippen LogP contribution >= 0.6 is 23.5 Å². The van der Waals surface area contributed by atoms with Gasteiger partial charge in [-0.25, -0.2) is 0 Å². The van der Waals surface area contributed by atoms with Crippen molar-refractivity contribution in [2.24, 2.45) is 0 Å². The van der Waals surface area contributed by atoms with Gasteiger partial charge in [-0.05, 0) is 40.3 Å². The van der Waals surface area contributed by atoms with E-state index in [-0.39, 0.29) is 11.7 Å². The number of hydrogen-bond donors (Lipinski definition) is 1. The Balaban J connectivity index is 1.39. The second-order valence-corrected chi connectivity index (χ2v) is 7.80. The number of rotatable bonds is 10. The molecule has 0 unspecified atom stereocenters. The summed E-state index contributed by atoms with van der Waals surface area (Å²) in [5.74, 6) is 2.81. The number of thioether (sulfide) groups is 2. The molecule has 0 atom stereocenters. The number of carbonyl (C=O) groups is 1. The molecule has 0 aliphatic heterocycles. The molecule has 2 aromatic carbocycles. The van der Waals surface area contributed by atoms with Gasteiger partial charge in [0.15, 0.2) is 0 Å². The molecule has 28 heavy (non-hydrogen) atoms. The fourth-order valence-corrected chi connectivity index (χ4v) is 3.90. The SMILES string of the molecule is COc1ccc(-n2nnnc2SCC(=O)NCCSCc2ccccc2)cc1. The Bertz CT molecular complexity index is 872. The van der Waals surface area contributed by atoms with Gasteiger partial charge in [0.2, 0.25) is 11.1 Å². The molecule has 146 valence electrons. The van der Waals surface area contributed by atoms with Crippen molar-refractivity contribution in [3.8, 4) is 11.4 Å². The van der Waals surface area contributed by atoms with Gasteiger partial charge >= 0.3 is 0 Å². The molecule has 3 aromatic rings. The molecule has 0 saturated heterocycles. The highest BCUT2D eigenvalue weighted by atomic mass is 32.2. The Morgan fingerprint density at radius 3 is 2.68 bits per heavy atom. The predicted molar refractivity (Wildman–Crippen MR) is 112 cm³/mol. The summed E-state index contributed by atoms with van der Waals surface area (Å²) in [7, 11) is 1.62. The minimum absolute atomic E-state index is 0.0328. The van der Waals surface area contributed by atoms with Gasteiger partial charge in [0.05, 0.1) is 18.6 Å². The summed E-state index contributed by atoms with van der Waals surface area (Å²) in [5.41, 5.74) is 2.10. The van der Waals surface area contributed by atoms with Crippen LogP contribution in [-0.2, 0) is 10.5 Å². The summed E-state index contributed by atoms with van der Waals surface area (Å²) in [6, 6.07) is 17.7. The minimum atomic E-state index is -0.0328. The van der Waals surface area contributed by atoms with Crippen molar-refractivity contribution in [1.29, 1.82) is 0 Å². The summed E-state index contributed by atoms with van der Waals surface area (Å²) in [6.45, 7) is 0.639. The first-order valence-corrected chi connectivity index (χ1v) is 10.8. The van der Waals surface area contributed by atoms with Crippen LogP contribution in [-0.4, -0.2) is 51.3 Å². The lowest BCUT2D eigenvalue weighted by atomic mass is 10.2. The highest BCUT2D eigenvalue weighted by Gasteiger charge is 2.11. The van der Waals surface area contributed by atoms with Gasteiger partial charge in [-0.1, -0.05) is 42.1 Å². The first kappa shape index (κ1) is 20.2. The maximum absolute atomic E-state index is 12.1. The van der Waals surface area contributed by atoms with Gasteiger partial charge in [0.25, 0.3) is 0 Å². The molecule has 0 aliphatic carbocycles. The number of nitrogens with zero attached hydrogens (tertiary/aromatic N) is 4. The maximum atomic E-state index is 12.1. The standard InChI is InChI=1S/C19H21N5O2S2/c1-26-17-9-7-16(8-10-17)24-19(21-22-23-24)28-14-18(25)20-11-12-27-13-15-5-3-2-4-6-15/h2-10H,11-14H2,1H3,(H,20,25). The lowest BCUT2D eigenvalue weighted by Gasteiger charge is -2.06. The van der Waals surface area contributed by atoms with E-state index >= 15 is 0 Å².